The van der Waals surface area contributed by atoms with Gasteiger partial charge in [0, 0.05) is 0 Å². The molecular formula is C16H25NO3S. The van der Waals surface area contributed by atoms with E-state index in [0.29, 0.717) is 42.1 Å². The number of hydrogen-bond donors (Lipinski definition) is 1. The normalized spacial score (nSPS) is 22.4. The van der Waals surface area contributed by atoms with Crippen LogP contribution in [0.15, 0.2) is 29.2 Å². The first-order chi connectivity index (χ1) is 10.1. The van der Waals surface area contributed by atoms with Crippen molar-refractivity contribution >= 4 is 9.84 Å². The Bertz CT molecular complexity index is 556. The van der Waals surface area contributed by atoms with Crippen molar-refractivity contribution in [2.24, 2.45) is 17.6 Å². The van der Waals surface area contributed by atoms with Crippen LogP contribution in [0.5, 0.6) is 5.75 Å². The second-order valence-corrected chi connectivity index (χ2v) is 7.84. The lowest BCUT2D eigenvalue weighted by Crippen LogP contribution is -2.23. The van der Waals surface area contributed by atoms with E-state index in [-0.39, 0.29) is 5.75 Å². The van der Waals surface area contributed by atoms with Gasteiger partial charge in [-0.25, -0.2) is 8.42 Å². The Morgan fingerprint density at radius 1 is 1.24 bits per heavy atom. The number of benzene rings is 1. The second kappa shape index (κ2) is 7.27. The number of hydrogen-bond acceptors (Lipinski definition) is 4. The molecule has 2 N–H and O–H groups in total. The Morgan fingerprint density at radius 2 is 1.95 bits per heavy atom. The van der Waals surface area contributed by atoms with E-state index in [9.17, 15) is 8.42 Å². The molecule has 0 radical (unpaired) electrons. The van der Waals surface area contributed by atoms with Gasteiger partial charge in [0.2, 0.25) is 0 Å². The van der Waals surface area contributed by atoms with E-state index in [2.05, 4.69) is 0 Å². The fraction of sp³-hybridized carbons (Fsp3) is 0.625. The zero-order valence-corrected chi connectivity index (χ0v) is 13.4. The molecule has 1 aromatic carbocycles. The molecule has 1 saturated carbocycles. The molecule has 2 rings (SSSR count). The Hall–Kier alpha value is -1.07. The Labute approximate surface area is 127 Å². The minimum Gasteiger partial charge on any atom is -0.492 e. The molecule has 4 nitrogen and oxygen atoms in total. The number of sulfone groups is 1. The lowest BCUT2D eigenvalue weighted by atomic mass is 9.97. The third-order valence-corrected chi connectivity index (χ3v) is 6.18. The molecule has 2 atom stereocenters. The summed E-state index contributed by atoms with van der Waals surface area (Å²) in [5.41, 5.74) is 5.78. The van der Waals surface area contributed by atoms with Gasteiger partial charge >= 0.3 is 0 Å². The van der Waals surface area contributed by atoms with E-state index in [4.69, 9.17) is 10.5 Å². The number of para-hydroxylation sites is 1. The zero-order valence-electron chi connectivity index (χ0n) is 12.6. The first-order valence-electron chi connectivity index (χ1n) is 7.73. The second-order valence-electron chi connectivity index (χ2n) is 5.76. The summed E-state index contributed by atoms with van der Waals surface area (Å²) in [5.74, 6) is 1.58. The first-order valence-corrected chi connectivity index (χ1v) is 9.38. The molecule has 0 saturated heterocycles. The van der Waals surface area contributed by atoms with Crippen LogP contribution < -0.4 is 10.5 Å². The number of nitrogens with two attached hydrogens (primary N) is 1. The van der Waals surface area contributed by atoms with E-state index >= 15 is 0 Å². The van der Waals surface area contributed by atoms with Crippen LogP contribution in [0, 0.1) is 11.8 Å². The van der Waals surface area contributed by atoms with Gasteiger partial charge in [0.25, 0.3) is 0 Å². The van der Waals surface area contributed by atoms with Crippen LogP contribution in [0.3, 0.4) is 0 Å². The van der Waals surface area contributed by atoms with Crippen molar-refractivity contribution in [3.63, 3.8) is 0 Å². The lowest BCUT2D eigenvalue weighted by Gasteiger charge is -2.19. The molecule has 5 heteroatoms. The van der Waals surface area contributed by atoms with Crippen molar-refractivity contribution in [2.75, 3.05) is 18.9 Å². The van der Waals surface area contributed by atoms with Gasteiger partial charge in [0.05, 0.1) is 12.4 Å². The molecule has 0 aromatic heterocycles. The number of ether oxygens (including phenoxy) is 1. The predicted molar refractivity (Wildman–Crippen MR) is 84.2 cm³/mol. The van der Waals surface area contributed by atoms with E-state index in [0.717, 1.165) is 12.8 Å². The van der Waals surface area contributed by atoms with Gasteiger partial charge in [-0.05, 0) is 49.8 Å². The van der Waals surface area contributed by atoms with E-state index < -0.39 is 9.84 Å². The summed E-state index contributed by atoms with van der Waals surface area (Å²) in [6.45, 7) is 3.11. The minimum absolute atomic E-state index is 0.155. The van der Waals surface area contributed by atoms with E-state index in [1.165, 1.54) is 6.42 Å². The third-order valence-electron chi connectivity index (χ3n) is 4.23. The highest BCUT2D eigenvalue weighted by Gasteiger charge is 2.27. The van der Waals surface area contributed by atoms with Gasteiger partial charge in [-0.1, -0.05) is 25.5 Å². The maximum Gasteiger partial charge on any atom is 0.182 e. The van der Waals surface area contributed by atoms with E-state index in [1.54, 1.807) is 18.2 Å². The van der Waals surface area contributed by atoms with Gasteiger partial charge in [-0.3, -0.25) is 0 Å². The average molecular weight is 311 g/mol. The van der Waals surface area contributed by atoms with Gasteiger partial charge in [0.15, 0.2) is 9.84 Å². The minimum atomic E-state index is -3.26. The SMILES string of the molecule is CCCS(=O)(=O)c1ccccc1OCC1CCCC1CN. The highest BCUT2D eigenvalue weighted by atomic mass is 32.2. The van der Waals surface area contributed by atoms with Crippen LogP contribution in [-0.2, 0) is 9.84 Å². The highest BCUT2D eigenvalue weighted by molar-refractivity contribution is 7.91. The van der Waals surface area contributed by atoms with Crippen molar-refractivity contribution in [2.45, 2.75) is 37.5 Å². The van der Waals surface area contributed by atoms with Crippen LogP contribution in [0.2, 0.25) is 0 Å². The molecule has 118 valence electrons. The Morgan fingerprint density at radius 3 is 2.67 bits per heavy atom. The van der Waals surface area contributed by atoms with Crippen LogP contribution >= 0.6 is 0 Å². The summed E-state index contributed by atoms with van der Waals surface area (Å²) >= 11 is 0. The zero-order chi connectivity index (χ0) is 15.3. The topological polar surface area (TPSA) is 69.4 Å². The van der Waals surface area contributed by atoms with Crippen LogP contribution in [0.1, 0.15) is 32.6 Å². The summed E-state index contributed by atoms with van der Waals surface area (Å²) in [7, 11) is -3.26. The maximum atomic E-state index is 12.3. The molecule has 0 aliphatic heterocycles. The number of rotatable bonds is 7. The summed E-state index contributed by atoms with van der Waals surface area (Å²) in [6, 6.07) is 6.94. The fourth-order valence-corrected chi connectivity index (χ4v) is 4.52. The largest absolute Gasteiger partial charge is 0.492 e. The van der Waals surface area contributed by atoms with Gasteiger partial charge in [-0.2, -0.15) is 0 Å². The third kappa shape index (κ3) is 3.98. The fourth-order valence-electron chi connectivity index (χ4n) is 3.05. The first kappa shape index (κ1) is 16.3. The molecule has 0 amide bonds. The van der Waals surface area contributed by atoms with E-state index in [1.807, 2.05) is 13.0 Å². The molecule has 0 spiro atoms. The molecule has 1 aliphatic rings. The predicted octanol–water partition coefficient (Wildman–Crippen LogP) is 2.62. The molecule has 0 bridgehead atoms. The Balaban J connectivity index is 2.10. The molecule has 21 heavy (non-hydrogen) atoms. The van der Waals surface area contributed by atoms with Crippen molar-refractivity contribution in [3.05, 3.63) is 24.3 Å². The highest BCUT2D eigenvalue weighted by Crippen LogP contribution is 2.32. The summed E-state index contributed by atoms with van der Waals surface area (Å²) in [5, 5.41) is 0. The molecule has 2 unspecified atom stereocenters. The van der Waals surface area contributed by atoms with Gasteiger partial charge in [-0.15, -0.1) is 0 Å². The standard InChI is InChI=1S/C16H25NO3S/c1-2-10-21(18,19)16-9-4-3-8-15(16)20-12-14-7-5-6-13(14)11-17/h3-4,8-9,13-14H,2,5-7,10-12,17H2,1H3. The monoisotopic (exact) mass is 311 g/mol. The van der Waals surface area contributed by atoms with Crippen molar-refractivity contribution < 1.29 is 13.2 Å². The Kier molecular flexibility index (Phi) is 5.65. The summed E-state index contributed by atoms with van der Waals surface area (Å²) in [4.78, 5) is 0.314. The quantitative estimate of drug-likeness (QED) is 0.840. The molecule has 1 aliphatic carbocycles. The molecular weight excluding hydrogens is 286 g/mol. The van der Waals surface area contributed by atoms with Crippen LogP contribution in [0.4, 0.5) is 0 Å². The van der Waals surface area contributed by atoms with Gasteiger partial charge < -0.3 is 10.5 Å². The van der Waals surface area contributed by atoms with Crippen molar-refractivity contribution in [1.29, 1.82) is 0 Å². The summed E-state index contributed by atoms with van der Waals surface area (Å²) < 4.78 is 30.4. The van der Waals surface area contributed by atoms with Crippen LogP contribution in [0.25, 0.3) is 0 Å². The molecule has 0 heterocycles. The van der Waals surface area contributed by atoms with Crippen LogP contribution in [-0.4, -0.2) is 27.3 Å². The molecule has 1 aromatic rings. The lowest BCUT2D eigenvalue weighted by molar-refractivity contribution is 0.212. The van der Waals surface area contributed by atoms with Gasteiger partial charge in [0.1, 0.15) is 10.6 Å². The van der Waals surface area contributed by atoms with Crippen molar-refractivity contribution in [1.82, 2.24) is 0 Å². The summed E-state index contributed by atoms with van der Waals surface area (Å²) in [6.07, 6.45) is 4.06. The molecule has 1 fully saturated rings. The average Bonchev–Trinajstić information content (AvgIpc) is 2.93. The smallest absolute Gasteiger partial charge is 0.182 e. The maximum absolute atomic E-state index is 12.3. The van der Waals surface area contributed by atoms with Crippen molar-refractivity contribution in [3.8, 4) is 5.75 Å².